The van der Waals surface area contributed by atoms with Crippen molar-refractivity contribution < 1.29 is 0 Å². The highest BCUT2D eigenvalue weighted by Crippen LogP contribution is 2.30. The minimum Gasteiger partial charge on any atom is -0.383 e. The molecule has 0 radical (unpaired) electrons. The van der Waals surface area contributed by atoms with Crippen LogP contribution in [0.3, 0.4) is 0 Å². The fourth-order valence-electron chi connectivity index (χ4n) is 3.43. The molecule has 4 N–H and O–H groups in total. The maximum atomic E-state index is 12.6. The molecule has 138 valence electrons. The number of nitrogen functional groups attached to an aromatic ring is 1. The number of aromatic amines is 1. The second-order valence-electron chi connectivity index (χ2n) is 7.03. The van der Waals surface area contributed by atoms with Crippen molar-refractivity contribution in [3.8, 4) is 0 Å². The normalized spacial score (nSPS) is 17.6. The molecule has 0 atom stereocenters. The zero-order valence-corrected chi connectivity index (χ0v) is 15.5. The standard InChI is InChI=1S/C17H27N5O2S/c1-2-3-10-21-14(18)13(15(23)20-16(21)24)22(12-6-4-5-7-12)17(25)19-11-8-9-11/h11-12H,2-10,18H2,1H3,(H,19,25)(H,20,23,24). The van der Waals surface area contributed by atoms with Crippen LogP contribution in [-0.2, 0) is 6.54 Å². The van der Waals surface area contributed by atoms with Crippen LogP contribution in [0.1, 0.15) is 58.3 Å². The molecule has 0 aromatic carbocycles. The lowest BCUT2D eigenvalue weighted by Crippen LogP contribution is -2.50. The number of anilines is 2. The van der Waals surface area contributed by atoms with Crippen LogP contribution in [0.4, 0.5) is 11.5 Å². The fourth-order valence-corrected chi connectivity index (χ4v) is 3.84. The summed E-state index contributed by atoms with van der Waals surface area (Å²) in [5, 5.41) is 3.87. The first-order chi connectivity index (χ1) is 12.0. The van der Waals surface area contributed by atoms with Crippen LogP contribution in [0.2, 0.25) is 0 Å². The van der Waals surface area contributed by atoms with Crippen molar-refractivity contribution in [1.82, 2.24) is 14.9 Å². The van der Waals surface area contributed by atoms with Gasteiger partial charge in [-0.1, -0.05) is 26.2 Å². The average molecular weight is 366 g/mol. The van der Waals surface area contributed by atoms with E-state index in [-0.39, 0.29) is 11.9 Å². The summed E-state index contributed by atoms with van der Waals surface area (Å²) in [6, 6.07) is 0.544. The lowest BCUT2D eigenvalue weighted by Gasteiger charge is -2.32. The van der Waals surface area contributed by atoms with E-state index in [2.05, 4.69) is 10.3 Å². The predicted molar refractivity (Wildman–Crippen MR) is 104 cm³/mol. The van der Waals surface area contributed by atoms with Crippen LogP contribution in [0, 0.1) is 0 Å². The number of rotatable bonds is 6. The van der Waals surface area contributed by atoms with Crippen molar-refractivity contribution >= 4 is 28.8 Å². The van der Waals surface area contributed by atoms with Crippen molar-refractivity contribution in [3.05, 3.63) is 20.8 Å². The van der Waals surface area contributed by atoms with E-state index in [0.29, 0.717) is 23.4 Å². The highest BCUT2D eigenvalue weighted by molar-refractivity contribution is 7.80. The predicted octanol–water partition coefficient (Wildman–Crippen LogP) is 1.70. The molecular formula is C17H27N5O2S. The fraction of sp³-hybridized carbons (Fsp3) is 0.706. The lowest BCUT2D eigenvalue weighted by molar-refractivity contribution is 0.600. The molecule has 0 unspecified atom stereocenters. The van der Waals surface area contributed by atoms with Gasteiger partial charge in [-0.25, -0.2) is 4.79 Å². The van der Waals surface area contributed by atoms with Crippen LogP contribution in [0.25, 0.3) is 0 Å². The first-order valence-electron chi connectivity index (χ1n) is 9.25. The Morgan fingerprint density at radius 3 is 2.60 bits per heavy atom. The minimum atomic E-state index is -0.456. The number of hydrogen-bond acceptors (Lipinski definition) is 4. The summed E-state index contributed by atoms with van der Waals surface area (Å²) in [6.07, 6.45) is 8.12. The molecule has 0 saturated heterocycles. The van der Waals surface area contributed by atoms with Crippen molar-refractivity contribution in [2.45, 2.75) is 76.9 Å². The Labute approximate surface area is 152 Å². The molecule has 1 aromatic heterocycles. The smallest absolute Gasteiger partial charge is 0.330 e. The maximum absolute atomic E-state index is 12.6. The van der Waals surface area contributed by atoms with Gasteiger partial charge in [-0.2, -0.15) is 0 Å². The summed E-state index contributed by atoms with van der Waals surface area (Å²) >= 11 is 5.61. The molecule has 2 saturated carbocycles. The largest absolute Gasteiger partial charge is 0.383 e. The summed E-state index contributed by atoms with van der Waals surface area (Å²) in [5.41, 5.74) is 5.70. The first-order valence-corrected chi connectivity index (χ1v) is 9.66. The summed E-state index contributed by atoms with van der Waals surface area (Å²) in [7, 11) is 0. The average Bonchev–Trinajstić information content (AvgIpc) is 3.21. The third-order valence-electron chi connectivity index (χ3n) is 5.00. The van der Waals surface area contributed by atoms with Crippen molar-refractivity contribution in [1.29, 1.82) is 0 Å². The Hall–Kier alpha value is -1.83. The van der Waals surface area contributed by atoms with Crippen LogP contribution in [0.5, 0.6) is 0 Å². The molecule has 7 nitrogen and oxygen atoms in total. The van der Waals surface area contributed by atoms with E-state index < -0.39 is 11.2 Å². The quantitative estimate of drug-likeness (QED) is 0.664. The zero-order chi connectivity index (χ0) is 18.0. The van der Waals surface area contributed by atoms with Crippen LogP contribution >= 0.6 is 12.2 Å². The van der Waals surface area contributed by atoms with Crippen LogP contribution < -0.4 is 27.2 Å². The van der Waals surface area contributed by atoms with E-state index in [0.717, 1.165) is 51.4 Å². The summed E-state index contributed by atoms with van der Waals surface area (Å²) in [5.74, 6) is 0.217. The summed E-state index contributed by atoms with van der Waals surface area (Å²) < 4.78 is 1.46. The van der Waals surface area contributed by atoms with Gasteiger partial charge in [0.2, 0.25) is 0 Å². The number of nitrogens with two attached hydrogens (primary N) is 1. The lowest BCUT2D eigenvalue weighted by atomic mass is 10.2. The van der Waals surface area contributed by atoms with Gasteiger partial charge in [-0.3, -0.25) is 14.3 Å². The Balaban J connectivity index is 2.02. The molecule has 2 fully saturated rings. The SMILES string of the molecule is CCCCn1c(N)c(N(C(=S)NC2CC2)C2CCCC2)c(=O)[nH]c1=O. The van der Waals surface area contributed by atoms with Crippen molar-refractivity contribution in [2.75, 3.05) is 10.6 Å². The Bertz CT molecular complexity index is 746. The summed E-state index contributed by atoms with van der Waals surface area (Å²) in [6.45, 7) is 2.54. The third-order valence-corrected chi connectivity index (χ3v) is 5.32. The number of H-pyrrole nitrogens is 1. The van der Waals surface area contributed by atoms with Gasteiger partial charge < -0.3 is 16.0 Å². The molecule has 8 heteroatoms. The van der Waals surface area contributed by atoms with E-state index >= 15 is 0 Å². The topological polar surface area (TPSA) is 96.2 Å². The van der Waals surface area contributed by atoms with E-state index in [4.69, 9.17) is 18.0 Å². The maximum Gasteiger partial charge on any atom is 0.330 e. The molecule has 2 aliphatic rings. The van der Waals surface area contributed by atoms with Gasteiger partial charge >= 0.3 is 5.69 Å². The number of hydrogen-bond donors (Lipinski definition) is 3. The second kappa shape index (κ2) is 7.59. The Morgan fingerprint density at radius 2 is 2.00 bits per heavy atom. The van der Waals surface area contributed by atoms with E-state index in [1.807, 2.05) is 11.8 Å². The van der Waals surface area contributed by atoms with Gasteiger partial charge in [0.25, 0.3) is 5.56 Å². The van der Waals surface area contributed by atoms with Gasteiger partial charge in [-0.05, 0) is 44.3 Å². The highest BCUT2D eigenvalue weighted by atomic mass is 32.1. The number of aromatic nitrogens is 2. The number of thiocarbonyl (C=S) groups is 1. The molecule has 1 heterocycles. The number of nitrogens with one attached hydrogen (secondary N) is 2. The molecular weight excluding hydrogens is 338 g/mol. The van der Waals surface area contributed by atoms with E-state index in [9.17, 15) is 9.59 Å². The van der Waals surface area contributed by atoms with Crippen LogP contribution in [-0.4, -0.2) is 26.7 Å². The monoisotopic (exact) mass is 365 g/mol. The summed E-state index contributed by atoms with van der Waals surface area (Å²) in [4.78, 5) is 29.1. The van der Waals surface area contributed by atoms with Gasteiger partial charge in [-0.15, -0.1) is 0 Å². The minimum absolute atomic E-state index is 0.152. The van der Waals surface area contributed by atoms with E-state index in [1.54, 1.807) is 0 Å². The van der Waals surface area contributed by atoms with Gasteiger partial charge in [0.05, 0.1) is 0 Å². The van der Waals surface area contributed by atoms with Gasteiger partial charge in [0.1, 0.15) is 5.82 Å². The molecule has 0 aliphatic heterocycles. The molecule has 0 spiro atoms. The number of nitrogens with zero attached hydrogens (tertiary/aromatic N) is 2. The molecule has 3 rings (SSSR count). The van der Waals surface area contributed by atoms with E-state index in [1.165, 1.54) is 4.57 Å². The molecule has 0 bridgehead atoms. The second-order valence-corrected chi connectivity index (χ2v) is 7.42. The molecule has 0 amide bonds. The van der Waals surface area contributed by atoms with Crippen molar-refractivity contribution in [2.24, 2.45) is 0 Å². The third kappa shape index (κ3) is 3.89. The Morgan fingerprint density at radius 1 is 1.32 bits per heavy atom. The molecule has 2 aliphatic carbocycles. The Kier molecular flexibility index (Phi) is 5.46. The van der Waals surface area contributed by atoms with Crippen molar-refractivity contribution in [3.63, 3.8) is 0 Å². The van der Waals surface area contributed by atoms with Crippen LogP contribution in [0.15, 0.2) is 9.59 Å². The zero-order valence-electron chi connectivity index (χ0n) is 14.7. The number of unbranched alkanes of at least 4 members (excludes halogenated alkanes) is 1. The highest BCUT2D eigenvalue weighted by Gasteiger charge is 2.33. The van der Waals surface area contributed by atoms with Gasteiger partial charge in [0, 0.05) is 18.6 Å². The molecule has 25 heavy (non-hydrogen) atoms. The molecule has 1 aromatic rings. The van der Waals surface area contributed by atoms with Gasteiger partial charge in [0.15, 0.2) is 10.8 Å². The first kappa shape index (κ1) is 18.0.